The number of hydrogen-bond donors (Lipinski definition) is 2. The van der Waals surface area contributed by atoms with E-state index in [1.165, 1.54) is 12.1 Å². The Balaban J connectivity index is 2.53. The predicted octanol–water partition coefficient (Wildman–Crippen LogP) is 2.55. The van der Waals surface area contributed by atoms with Crippen molar-refractivity contribution < 1.29 is 9.18 Å². The van der Waals surface area contributed by atoms with E-state index in [0.29, 0.717) is 6.42 Å². The van der Waals surface area contributed by atoms with Crippen molar-refractivity contribution in [3.05, 3.63) is 30.1 Å². The van der Waals surface area contributed by atoms with Crippen LogP contribution in [0.2, 0.25) is 0 Å². The van der Waals surface area contributed by atoms with Crippen molar-refractivity contribution in [2.24, 2.45) is 5.73 Å². The van der Waals surface area contributed by atoms with E-state index in [0.717, 1.165) is 10.6 Å². The van der Waals surface area contributed by atoms with Crippen molar-refractivity contribution in [2.45, 2.75) is 43.7 Å². The summed E-state index contributed by atoms with van der Waals surface area (Å²) in [4.78, 5) is 12.5. The highest BCUT2D eigenvalue weighted by Gasteiger charge is 2.30. The van der Waals surface area contributed by atoms with E-state index in [1.54, 1.807) is 23.9 Å². The third kappa shape index (κ3) is 5.20. The normalized spacial score (nSPS) is 14.4. The minimum atomic E-state index is -0.707. The molecule has 0 saturated carbocycles. The molecule has 0 saturated heterocycles. The lowest BCUT2D eigenvalue weighted by Gasteiger charge is -2.29. The third-order valence-electron chi connectivity index (χ3n) is 2.84. The molecule has 0 bridgehead atoms. The number of benzene rings is 1. The molecule has 3 nitrogen and oxygen atoms in total. The molecule has 19 heavy (non-hydrogen) atoms. The third-order valence-corrected chi connectivity index (χ3v) is 3.85. The summed E-state index contributed by atoms with van der Waals surface area (Å²) in [7, 11) is 0. The number of carbonyl (C=O) groups is 1. The van der Waals surface area contributed by atoms with E-state index >= 15 is 0 Å². The average molecular weight is 284 g/mol. The zero-order valence-electron chi connectivity index (χ0n) is 11.6. The second-order valence-corrected chi connectivity index (χ2v) is 6.22. The van der Waals surface area contributed by atoms with Gasteiger partial charge in [-0.05, 0) is 51.5 Å². The van der Waals surface area contributed by atoms with Crippen LogP contribution < -0.4 is 11.1 Å². The summed E-state index contributed by atoms with van der Waals surface area (Å²) in [5.74, 6) is 0.152. The maximum atomic E-state index is 12.8. The molecule has 5 heteroatoms. The van der Waals surface area contributed by atoms with Crippen molar-refractivity contribution >= 4 is 17.7 Å². The van der Waals surface area contributed by atoms with Crippen LogP contribution in [0.4, 0.5) is 4.39 Å². The summed E-state index contributed by atoms with van der Waals surface area (Å²) in [6.45, 7) is 5.78. The zero-order valence-corrected chi connectivity index (χ0v) is 12.4. The van der Waals surface area contributed by atoms with E-state index < -0.39 is 5.54 Å². The molecule has 1 aromatic carbocycles. The van der Waals surface area contributed by atoms with Crippen LogP contribution in [-0.4, -0.2) is 23.2 Å². The molecule has 1 aromatic rings. The fourth-order valence-corrected chi connectivity index (χ4v) is 2.88. The van der Waals surface area contributed by atoms with Gasteiger partial charge in [-0.25, -0.2) is 4.39 Å². The van der Waals surface area contributed by atoms with Crippen molar-refractivity contribution in [2.75, 3.05) is 5.75 Å². The molecule has 0 aliphatic rings. The molecular formula is C14H21FN2OS. The van der Waals surface area contributed by atoms with Gasteiger partial charge in [0.15, 0.2) is 0 Å². The Morgan fingerprint density at radius 1 is 1.42 bits per heavy atom. The van der Waals surface area contributed by atoms with Crippen LogP contribution in [0.5, 0.6) is 0 Å². The maximum absolute atomic E-state index is 12.8. The number of hydrogen-bond acceptors (Lipinski definition) is 3. The Labute approximate surface area is 118 Å². The molecular weight excluding hydrogens is 263 g/mol. The molecule has 0 fully saturated rings. The average Bonchev–Trinajstić information content (AvgIpc) is 2.30. The smallest absolute Gasteiger partial charge is 0.237 e. The van der Waals surface area contributed by atoms with Crippen LogP contribution in [0.3, 0.4) is 0 Å². The fourth-order valence-electron chi connectivity index (χ4n) is 1.81. The Bertz CT molecular complexity index is 422. The van der Waals surface area contributed by atoms with Crippen molar-refractivity contribution in [1.82, 2.24) is 5.32 Å². The molecule has 3 N–H and O–H groups in total. The molecule has 0 heterocycles. The van der Waals surface area contributed by atoms with E-state index in [2.05, 4.69) is 5.32 Å². The molecule has 0 spiro atoms. The van der Waals surface area contributed by atoms with Crippen LogP contribution in [0, 0.1) is 5.82 Å². The molecule has 1 unspecified atom stereocenters. The van der Waals surface area contributed by atoms with Gasteiger partial charge in [-0.2, -0.15) is 0 Å². The van der Waals surface area contributed by atoms with Gasteiger partial charge in [-0.15, -0.1) is 11.8 Å². The Kier molecular flexibility index (Phi) is 5.82. The summed E-state index contributed by atoms with van der Waals surface area (Å²) >= 11 is 1.59. The van der Waals surface area contributed by atoms with Gasteiger partial charge >= 0.3 is 0 Å². The van der Waals surface area contributed by atoms with Crippen LogP contribution in [0.25, 0.3) is 0 Å². The molecule has 1 rings (SSSR count). The summed E-state index contributed by atoms with van der Waals surface area (Å²) in [5, 5.41) is 3.20. The Morgan fingerprint density at radius 2 is 2.00 bits per heavy atom. The van der Waals surface area contributed by atoms with Crippen LogP contribution >= 0.6 is 11.8 Å². The lowest BCUT2D eigenvalue weighted by Crippen LogP contribution is -2.55. The Hall–Kier alpha value is -1.07. The highest BCUT2D eigenvalue weighted by molar-refractivity contribution is 7.99. The second-order valence-electron chi connectivity index (χ2n) is 5.05. The van der Waals surface area contributed by atoms with E-state index in [1.807, 2.05) is 20.8 Å². The maximum Gasteiger partial charge on any atom is 0.237 e. The van der Waals surface area contributed by atoms with Gasteiger partial charge in [-0.3, -0.25) is 4.79 Å². The number of thioether (sulfide) groups is 1. The van der Waals surface area contributed by atoms with Crippen LogP contribution in [0.1, 0.15) is 27.2 Å². The minimum absolute atomic E-state index is 0.188. The molecule has 1 atom stereocenters. The van der Waals surface area contributed by atoms with Crippen LogP contribution in [0.15, 0.2) is 29.2 Å². The van der Waals surface area contributed by atoms with Gasteiger partial charge in [0.2, 0.25) is 5.91 Å². The summed E-state index contributed by atoms with van der Waals surface area (Å²) in [6, 6.07) is 6.52. The predicted molar refractivity (Wildman–Crippen MR) is 77.6 cm³/mol. The summed E-state index contributed by atoms with van der Waals surface area (Å²) < 4.78 is 12.8. The number of nitrogens with two attached hydrogens (primary N) is 1. The lowest BCUT2D eigenvalue weighted by molar-refractivity contribution is -0.124. The first-order chi connectivity index (χ1) is 8.83. The molecule has 0 aromatic heterocycles. The zero-order chi connectivity index (χ0) is 14.5. The van der Waals surface area contributed by atoms with E-state index in [-0.39, 0.29) is 17.8 Å². The number of amides is 1. The first-order valence-corrected chi connectivity index (χ1v) is 7.28. The van der Waals surface area contributed by atoms with Gasteiger partial charge < -0.3 is 11.1 Å². The molecule has 0 aliphatic heterocycles. The summed E-state index contributed by atoms with van der Waals surface area (Å²) in [5.41, 5.74) is 4.75. The lowest BCUT2D eigenvalue weighted by atomic mass is 9.97. The highest BCUT2D eigenvalue weighted by atomic mass is 32.2. The first-order valence-electron chi connectivity index (χ1n) is 6.29. The van der Waals surface area contributed by atoms with Gasteiger partial charge in [0, 0.05) is 16.7 Å². The standard InChI is InChI=1S/C14H21FN2OS/c1-10(2)17-14(3,13(16)18)8-9-19-12-6-4-11(15)5-7-12/h4-7,10,17H,8-9H2,1-3H3,(H2,16,18). The van der Waals surface area contributed by atoms with Crippen molar-refractivity contribution in [3.8, 4) is 0 Å². The first kappa shape index (κ1) is 16.0. The van der Waals surface area contributed by atoms with Gasteiger partial charge in [0.05, 0.1) is 5.54 Å². The number of halogens is 1. The van der Waals surface area contributed by atoms with Gasteiger partial charge in [-0.1, -0.05) is 0 Å². The quantitative estimate of drug-likeness (QED) is 0.757. The number of carbonyl (C=O) groups excluding carboxylic acids is 1. The number of primary amides is 1. The molecule has 0 radical (unpaired) electrons. The molecule has 1 amide bonds. The van der Waals surface area contributed by atoms with Crippen LogP contribution in [-0.2, 0) is 4.79 Å². The van der Waals surface area contributed by atoms with Crippen molar-refractivity contribution in [3.63, 3.8) is 0 Å². The fraction of sp³-hybridized carbons (Fsp3) is 0.500. The highest BCUT2D eigenvalue weighted by Crippen LogP contribution is 2.22. The van der Waals surface area contributed by atoms with Gasteiger partial charge in [0.1, 0.15) is 5.82 Å². The number of rotatable bonds is 7. The second kappa shape index (κ2) is 6.91. The van der Waals surface area contributed by atoms with E-state index in [4.69, 9.17) is 5.73 Å². The number of nitrogens with one attached hydrogen (secondary N) is 1. The SMILES string of the molecule is CC(C)NC(C)(CCSc1ccc(F)cc1)C(N)=O. The monoisotopic (exact) mass is 284 g/mol. The summed E-state index contributed by atoms with van der Waals surface area (Å²) in [6.07, 6.45) is 0.628. The van der Waals surface area contributed by atoms with Crippen molar-refractivity contribution in [1.29, 1.82) is 0 Å². The van der Waals surface area contributed by atoms with E-state index in [9.17, 15) is 9.18 Å². The Morgan fingerprint density at radius 3 is 2.47 bits per heavy atom. The molecule has 106 valence electrons. The minimum Gasteiger partial charge on any atom is -0.368 e. The molecule has 0 aliphatic carbocycles. The largest absolute Gasteiger partial charge is 0.368 e. The topological polar surface area (TPSA) is 55.1 Å². The van der Waals surface area contributed by atoms with Gasteiger partial charge in [0.25, 0.3) is 0 Å².